The molecule has 29 heavy (non-hydrogen) atoms. The zero-order valence-corrected chi connectivity index (χ0v) is 16.3. The Morgan fingerprint density at radius 1 is 1.28 bits per heavy atom. The summed E-state index contributed by atoms with van der Waals surface area (Å²) in [6.45, 7) is 2.08. The quantitative estimate of drug-likeness (QED) is 0.358. The smallest absolute Gasteiger partial charge is 0.433 e. The fraction of sp³-hybridized carbons (Fsp3) is 0.211. The van der Waals surface area contributed by atoms with Crippen LogP contribution in [0.3, 0.4) is 0 Å². The van der Waals surface area contributed by atoms with Crippen molar-refractivity contribution in [2.45, 2.75) is 24.7 Å². The van der Waals surface area contributed by atoms with Gasteiger partial charge in [-0.1, -0.05) is 36.9 Å². The fourth-order valence-electron chi connectivity index (χ4n) is 2.72. The number of benzene rings is 1. The van der Waals surface area contributed by atoms with Crippen LogP contribution in [0.5, 0.6) is 5.88 Å². The van der Waals surface area contributed by atoms with Gasteiger partial charge >= 0.3 is 5.88 Å². The molecule has 2 aromatic heterocycles. The van der Waals surface area contributed by atoms with Gasteiger partial charge in [0.25, 0.3) is 0 Å². The fourth-order valence-corrected chi connectivity index (χ4v) is 3.35. The van der Waals surface area contributed by atoms with Gasteiger partial charge in [0.1, 0.15) is 10.7 Å². The van der Waals surface area contributed by atoms with Gasteiger partial charge in [-0.3, -0.25) is 10.1 Å². The topological polar surface area (TPSA) is 116 Å². The van der Waals surface area contributed by atoms with E-state index in [4.69, 9.17) is 9.15 Å². The van der Waals surface area contributed by atoms with Crippen LogP contribution in [0.4, 0.5) is 11.6 Å². The van der Waals surface area contributed by atoms with Gasteiger partial charge in [-0.25, -0.2) is 0 Å². The van der Waals surface area contributed by atoms with Crippen molar-refractivity contribution in [1.29, 1.82) is 0 Å². The zero-order chi connectivity index (χ0) is 20.2. The van der Waals surface area contributed by atoms with E-state index in [0.29, 0.717) is 22.5 Å². The second-order valence-corrected chi connectivity index (χ2v) is 7.18. The molecule has 0 saturated carbocycles. The normalized spacial score (nSPS) is 15.1. The first-order valence-electron chi connectivity index (χ1n) is 8.96. The van der Waals surface area contributed by atoms with Crippen LogP contribution in [0, 0.1) is 10.1 Å². The summed E-state index contributed by atoms with van der Waals surface area (Å²) in [4.78, 5) is 14.7. The molecular weight excluding hydrogens is 394 g/mol. The van der Waals surface area contributed by atoms with Crippen molar-refractivity contribution in [1.82, 2.24) is 15.2 Å². The third-order valence-corrected chi connectivity index (χ3v) is 5.06. The molecule has 0 bridgehead atoms. The van der Waals surface area contributed by atoms with E-state index >= 15 is 0 Å². The molecule has 0 unspecified atom stereocenters. The van der Waals surface area contributed by atoms with Crippen molar-refractivity contribution in [3.63, 3.8) is 0 Å². The molecule has 9 nitrogen and oxygen atoms in total. The minimum absolute atomic E-state index is 0.315. The first-order valence-corrected chi connectivity index (χ1v) is 9.95. The highest BCUT2D eigenvalue weighted by Crippen LogP contribution is 2.36. The Hall–Kier alpha value is -3.40. The molecule has 0 aliphatic carbocycles. The van der Waals surface area contributed by atoms with E-state index in [1.54, 1.807) is 12.2 Å². The minimum Gasteiger partial charge on any atom is -0.448 e. The van der Waals surface area contributed by atoms with Crippen LogP contribution in [0.15, 0.2) is 52.0 Å². The maximum Gasteiger partial charge on any atom is 0.433 e. The number of hydrogen-bond acceptors (Lipinski definition) is 9. The Kier molecular flexibility index (Phi) is 5.43. The summed E-state index contributed by atoms with van der Waals surface area (Å²) in [6, 6.07) is 10.5. The van der Waals surface area contributed by atoms with Crippen molar-refractivity contribution < 1.29 is 14.1 Å². The number of nitrogens with one attached hydrogen (secondary N) is 1. The van der Waals surface area contributed by atoms with Gasteiger partial charge in [0.15, 0.2) is 11.9 Å². The van der Waals surface area contributed by atoms with Crippen LogP contribution in [0.2, 0.25) is 0 Å². The molecule has 1 aromatic carbocycles. The molecule has 1 atom stereocenters. The van der Waals surface area contributed by atoms with Crippen LogP contribution in [-0.2, 0) is 0 Å². The zero-order valence-electron chi connectivity index (χ0n) is 15.4. The van der Waals surface area contributed by atoms with Crippen LogP contribution >= 0.6 is 11.8 Å². The maximum atomic E-state index is 10.8. The molecule has 0 fully saturated rings. The van der Waals surface area contributed by atoms with E-state index in [1.165, 1.54) is 23.9 Å². The summed E-state index contributed by atoms with van der Waals surface area (Å²) in [5.41, 5.74) is 2.20. The summed E-state index contributed by atoms with van der Waals surface area (Å²) < 4.78 is 11.2. The highest BCUT2D eigenvalue weighted by Gasteiger charge is 2.23. The number of hydrogen-bond donors (Lipinski definition) is 1. The molecule has 1 N–H and O–H groups in total. The average molecular weight is 411 g/mol. The third kappa shape index (κ3) is 4.21. The largest absolute Gasteiger partial charge is 0.448 e. The molecule has 1 aliphatic rings. The molecule has 1 aliphatic heterocycles. The first-order chi connectivity index (χ1) is 14.1. The highest BCUT2D eigenvalue weighted by atomic mass is 32.2. The van der Waals surface area contributed by atoms with Gasteiger partial charge in [0.05, 0.1) is 6.07 Å². The lowest BCUT2D eigenvalue weighted by molar-refractivity contribution is -0.402. The van der Waals surface area contributed by atoms with Gasteiger partial charge in [0, 0.05) is 17.0 Å². The van der Waals surface area contributed by atoms with Crippen molar-refractivity contribution in [2.75, 3.05) is 11.1 Å². The Bertz CT molecular complexity index is 1070. The molecule has 0 amide bonds. The second kappa shape index (κ2) is 8.31. The van der Waals surface area contributed by atoms with E-state index < -0.39 is 11.2 Å². The summed E-state index contributed by atoms with van der Waals surface area (Å²) in [6.07, 6.45) is 3.73. The number of ether oxygens (including phenoxy) is 1. The predicted octanol–water partition coefficient (Wildman–Crippen LogP) is 4.39. The van der Waals surface area contributed by atoms with Gasteiger partial charge in [-0.2, -0.15) is 4.98 Å². The SMILES string of the molecule is CCCSc1nnc2c(n1)O[C@H](/C=C/c1ccc([N+](=O)[O-])o1)Nc1ccccc1-2. The van der Waals surface area contributed by atoms with Crippen molar-refractivity contribution >= 4 is 29.4 Å². The number of furan rings is 1. The number of nitrogens with zero attached hydrogens (tertiary/aromatic N) is 4. The van der Waals surface area contributed by atoms with E-state index in [-0.39, 0.29) is 5.88 Å². The van der Waals surface area contributed by atoms with Crippen LogP contribution in [0.25, 0.3) is 17.3 Å². The first kappa shape index (κ1) is 18.9. The monoisotopic (exact) mass is 411 g/mol. The van der Waals surface area contributed by atoms with Gasteiger partial charge in [-0.05, 0) is 30.7 Å². The van der Waals surface area contributed by atoms with Gasteiger partial charge in [-0.15, -0.1) is 10.2 Å². The minimum atomic E-state index is -0.581. The lowest BCUT2D eigenvalue weighted by Gasteiger charge is -2.15. The number of anilines is 1. The van der Waals surface area contributed by atoms with Gasteiger partial charge in [0.2, 0.25) is 11.0 Å². The molecule has 0 radical (unpaired) electrons. The van der Waals surface area contributed by atoms with Crippen molar-refractivity contribution in [3.8, 4) is 17.1 Å². The molecular formula is C19H17N5O4S. The number of thioether (sulfide) groups is 1. The number of aromatic nitrogens is 3. The summed E-state index contributed by atoms with van der Waals surface area (Å²) in [5.74, 6) is 1.29. The third-order valence-electron chi connectivity index (χ3n) is 4.02. The summed E-state index contributed by atoms with van der Waals surface area (Å²) in [5, 5.41) is 23.1. The van der Waals surface area contributed by atoms with Crippen molar-refractivity contribution in [2.24, 2.45) is 0 Å². The number of nitro groups is 1. The van der Waals surface area contributed by atoms with Crippen molar-refractivity contribution in [3.05, 3.63) is 58.3 Å². The molecule has 3 aromatic rings. The lowest BCUT2D eigenvalue weighted by Crippen LogP contribution is -2.23. The van der Waals surface area contributed by atoms with E-state index in [1.807, 2.05) is 24.3 Å². The Labute approximate surface area is 170 Å². The number of rotatable bonds is 6. The molecule has 4 rings (SSSR count). The van der Waals surface area contributed by atoms with Crippen LogP contribution in [0.1, 0.15) is 19.1 Å². The molecule has 0 saturated heterocycles. The second-order valence-electron chi connectivity index (χ2n) is 6.12. The Balaban J connectivity index is 1.65. The summed E-state index contributed by atoms with van der Waals surface area (Å²) >= 11 is 1.52. The molecule has 0 spiro atoms. The molecule has 10 heteroatoms. The lowest BCUT2D eigenvalue weighted by atomic mass is 10.1. The van der Waals surface area contributed by atoms with Crippen LogP contribution in [-0.4, -0.2) is 32.1 Å². The Morgan fingerprint density at radius 3 is 2.93 bits per heavy atom. The number of fused-ring (bicyclic) bond motifs is 3. The van der Waals surface area contributed by atoms with E-state index in [9.17, 15) is 10.1 Å². The van der Waals surface area contributed by atoms with Gasteiger partial charge < -0.3 is 14.5 Å². The Morgan fingerprint density at radius 2 is 2.14 bits per heavy atom. The summed E-state index contributed by atoms with van der Waals surface area (Å²) in [7, 11) is 0. The molecule has 148 valence electrons. The number of para-hydroxylation sites is 1. The average Bonchev–Trinajstić information content (AvgIpc) is 3.14. The van der Waals surface area contributed by atoms with Crippen LogP contribution < -0.4 is 10.1 Å². The van der Waals surface area contributed by atoms with E-state index in [0.717, 1.165) is 23.4 Å². The maximum absolute atomic E-state index is 10.8. The molecule has 3 heterocycles. The highest BCUT2D eigenvalue weighted by molar-refractivity contribution is 7.99. The predicted molar refractivity (Wildman–Crippen MR) is 109 cm³/mol. The standard InChI is InChI=1S/C19H17N5O4S/c1-2-11-29-19-21-18-17(22-23-19)13-5-3-4-6-14(13)20-15(28-18)9-7-12-8-10-16(27-12)24(25)26/h3-10,15,20H,2,11H2,1H3/b9-7+/t15-/m1/s1. The van der Waals surface area contributed by atoms with E-state index in [2.05, 4.69) is 27.4 Å².